The minimum Gasteiger partial charge on any atom is -0.464 e. The van der Waals surface area contributed by atoms with Crippen LogP contribution in [0.25, 0.3) is 22.4 Å². The Balaban J connectivity index is 1.42. The fourth-order valence-electron chi connectivity index (χ4n) is 4.00. The van der Waals surface area contributed by atoms with Crippen LogP contribution in [-0.2, 0) is 19.5 Å². The van der Waals surface area contributed by atoms with Gasteiger partial charge in [-0.2, -0.15) is 0 Å². The smallest absolute Gasteiger partial charge is 0.255 e. The number of benzene rings is 2. The van der Waals surface area contributed by atoms with E-state index in [4.69, 9.17) is 16.0 Å². The van der Waals surface area contributed by atoms with Crippen LogP contribution >= 0.6 is 11.6 Å². The summed E-state index contributed by atoms with van der Waals surface area (Å²) >= 11 is 5.95. The standard InChI is InChI=1S/C24H20ClN3O3/c1-14-2-7-21-18(10-14)22(29)16(13-31-21)11-28-9-8-20-19(12-28)24(30)27-23(26-20)15-3-5-17(25)6-4-15/h2-7,10,13H,8-9,11-12H2,1H3,(H,26,27,30). The molecule has 1 N–H and O–H groups in total. The summed E-state index contributed by atoms with van der Waals surface area (Å²) in [4.78, 5) is 35.3. The minimum atomic E-state index is -0.152. The number of aromatic amines is 1. The van der Waals surface area contributed by atoms with Crippen molar-refractivity contribution in [2.45, 2.75) is 26.4 Å². The summed E-state index contributed by atoms with van der Waals surface area (Å²) in [5.41, 5.74) is 4.26. The Hall–Kier alpha value is -3.22. The molecule has 5 rings (SSSR count). The molecule has 1 aliphatic rings. The Kier molecular flexibility index (Phi) is 4.96. The van der Waals surface area contributed by atoms with Crippen molar-refractivity contribution in [2.24, 2.45) is 0 Å². The van der Waals surface area contributed by atoms with Gasteiger partial charge in [0.2, 0.25) is 0 Å². The van der Waals surface area contributed by atoms with Crippen LogP contribution in [0.15, 0.2) is 62.7 Å². The highest BCUT2D eigenvalue weighted by atomic mass is 35.5. The number of aromatic nitrogens is 2. The van der Waals surface area contributed by atoms with Gasteiger partial charge in [0.15, 0.2) is 5.43 Å². The first-order chi connectivity index (χ1) is 15.0. The van der Waals surface area contributed by atoms with Gasteiger partial charge in [-0.1, -0.05) is 23.2 Å². The van der Waals surface area contributed by atoms with Gasteiger partial charge >= 0.3 is 0 Å². The molecule has 0 amide bonds. The van der Waals surface area contributed by atoms with Gasteiger partial charge in [-0.25, -0.2) is 4.98 Å². The molecule has 4 aromatic rings. The number of nitrogens with zero attached hydrogens (tertiary/aromatic N) is 2. The van der Waals surface area contributed by atoms with E-state index >= 15 is 0 Å². The van der Waals surface area contributed by atoms with E-state index in [0.29, 0.717) is 59.0 Å². The van der Waals surface area contributed by atoms with Gasteiger partial charge in [0.1, 0.15) is 11.4 Å². The summed E-state index contributed by atoms with van der Waals surface area (Å²) in [7, 11) is 0. The second-order valence-electron chi connectivity index (χ2n) is 7.90. The number of hydrogen-bond acceptors (Lipinski definition) is 5. The van der Waals surface area contributed by atoms with Crippen molar-refractivity contribution in [1.29, 1.82) is 0 Å². The molecule has 0 fully saturated rings. The summed E-state index contributed by atoms with van der Waals surface area (Å²) in [6, 6.07) is 12.8. The van der Waals surface area contributed by atoms with Gasteiger partial charge in [0.25, 0.3) is 5.56 Å². The van der Waals surface area contributed by atoms with Crippen LogP contribution in [0.3, 0.4) is 0 Å². The van der Waals surface area contributed by atoms with E-state index in [0.717, 1.165) is 16.8 Å². The van der Waals surface area contributed by atoms with E-state index in [9.17, 15) is 9.59 Å². The Morgan fingerprint density at radius 2 is 1.97 bits per heavy atom. The molecule has 7 heteroatoms. The molecule has 0 aliphatic carbocycles. The summed E-state index contributed by atoms with van der Waals surface area (Å²) in [5.74, 6) is 0.541. The van der Waals surface area contributed by atoms with Gasteiger partial charge in [0.05, 0.1) is 22.9 Å². The Bertz CT molecular complexity index is 1410. The van der Waals surface area contributed by atoms with E-state index in [1.54, 1.807) is 12.1 Å². The monoisotopic (exact) mass is 433 g/mol. The van der Waals surface area contributed by atoms with Gasteiger partial charge in [-0.05, 0) is 43.3 Å². The van der Waals surface area contributed by atoms with Crippen LogP contribution < -0.4 is 11.0 Å². The van der Waals surface area contributed by atoms with Crippen LogP contribution in [-0.4, -0.2) is 21.4 Å². The molecular formula is C24H20ClN3O3. The first-order valence-electron chi connectivity index (χ1n) is 10.1. The normalized spacial score (nSPS) is 14.0. The minimum absolute atomic E-state index is 0.0270. The lowest BCUT2D eigenvalue weighted by molar-refractivity contribution is 0.239. The molecule has 2 aromatic carbocycles. The summed E-state index contributed by atoms with van der Waals surface area (Å²) in [6.07, 6.45) is 2.17. The lowest BCUT2D eigenvalue weighted by Gasteiger charge is -2.27. The molecule has 1 aliphatic heterocycles. The van der Waals surface area contributed by atoms with E-state index in [-0.39, 0.29) is 11.0 Å². The van der Waals surface area contributed by atoms with E-state index in [2.05, 4.69) is 14.9 Å². The van der Waals surface area contributed by atoms with Crippen molar-refractivity contribution < 1.29 is 4.42 Å². The average Bonchev–Trinajstić information content (AvgIpc) is 2.77. The fourth-order valence-corrected chi connectivity index (χ4v) is 4.12. The lowest BCUT2D eigenvalue weighted by Crippen LogP contribution is -2.36. The van der Waals surface area contributed by atoms with Crippen LogP contribution in [0.2, 0.25) is 5.02 Å². The lowest BCUT2D eigenvalue weighted by atomic mass is 10.0. The van der Waals surface area contributed by atoms with Crippen molar-refractivity contribution in [3.05, 3.63) is 96.7 Å². The van der Waals surface area contributed by atoms with Gasteiger partial charge < -0.3 is 9.40 Å². The molecule has 0 saturated carbocycles. The van der Waals surface area contributed by atoms with Crippen molar-refractivity contribution in [3.63, 3.8) is 0 Å². The van der Waals surface area contributed by atoms with Crippen LogP contribution in [0.5, 0.6) is 0 Å². The van der Waals surface area contributed by atoms with Gasteiger partial charge in [-0.15, -0.1) is 0 Å². The summed E-state index contributed by atoms with van der Waals surface area (Å²) in [6.45, 7) is 3.51. The topological polar surface area (TPSA) is 79.2 Å². The highest BCUT2D eigenvalue weighted by molar-refractivity contribution is 6.30. The third kappa shape index (κ3) is 3.80. The Morgan fingerprint density at radius 1 is 1.16 bits per heavy atom. The predicted octanol–water partition coefficient (Wildman–Crippen LogP) is 4.06. The average molecular weight is 434 g/mol. The van der Waals surface area contributed by atoms with Crippen molar-refractivity contribution in [2.75, 3.05) is 6.54 Å². The molecular weight excluding hydrogens is 414 g/mol. The zero-order valence-corrected chi connectivity index (χ0v) is 17.7. The highest BCUT2D eigenvalue weighted by Crippen LogP contribution is 2.21. The second-order valence-corrected chi connectivity index (χ2v) is 8.33. The third-order valence-corrected chi connectivity index (χ3v) is 5.91. The first-order valence-corrected chi connectivity index (χ1v) is 10.5. The third-order valence-electron chi connectivity index (χ3n) is 5.66. The number of fused-ring (bicyclic) bond motifs is 2. The molecule has 0 bridgehead atoms. The first kappa shape index (κ1) is 19.7. The maximum Gasteiger partial charge on any atom is 0.255 e. The zero-order valence-electron chi connectivity index (χ0n) is 16.9. The molecule has 0 spiro atoms. The maximum atomic E-state index is 12.9. The number of nitrogens with one attached hydrogen (secondary N) is 1. The molecule has 0 radical (unpaired) electrons. The van der Waals surface area contributed by atoms with Crippen molar-refractivity contribution in [3.8, 4) is 11.4 Å². The number of hydrogen-bond donors (Lipinski definition) is 1. The summed E-state index contributed by atoms with van der Waals surface area (Å²) in [5, 5.41) is 1.22. The van der Waals surface area contributed by atoms with E-state index < -0.39 is 0 Å². The van der Waals surface area contributed by atoms with Crippen LogP contribution in [0, 0.1) is 6.92 Å². The molecule has 0 atom stereocenters. The quantitative estimate of drug-likeness (QED) is 0.527. The second kappa shape index (κ2) is 7.80. The van der Waals surface area contributed by atoms with E-state index in [1.165, 1.54) is 6.26 Å². The highest BCUT2D eigenvalue weighted by Gasteiger charge is 2.22. The van der Waals surface area contributed by atoms with Gasteiger partial charge in [-0.3, -0.25) is 14.5 Å². The van der Waals surface area contributed by atoms with Crippen molar-refractivity contribution in [1.82, 2.24) is 14.9 Å². The molecule has 2 aromatic heterocycles. The summed E-state index contributed by atoms with van der Waals surface area (Å²) < 4.78 is 5.67. The molecule has 0 unspecified atom stereocenters. The van der Waals surface area contributed by atoms with Crippen LogP contribution in [0.1, 0.15) is 22.4 Å². The Morgan fingerprint density at radius 3 is 2.77 bits per heavy atom. The fraction of sp³-hybridized carbons (Fsp3) is 0.208. The molecule has 156 valence electrons. The SMILES string of the molecule is Cc1ccc2occ(CN3CCc4nc(-c5ccc(Cl)cc5)[nH]c(=O)c4C3)c(=O)c2c1. The Labute approximate surface area is 183 Å². The zero-order chi connectivity index (χ0) is 21.5. The van der Waals surface area contributed by atoms with Crippen LogP contribution in [0.4, 0.5) is 0 Å². The molecule has 6 nitrogen and oxygen atoms in total. The number of halogens is 1. The molecule has 0 saturated heterocycles. The van der Waals surface area contributed by atoms with Gasteiger partial charge in [0, 0.05) is 42.2 Å². The van der Waals surface area contributed by atoms with E-state index in [1.807, 2.05) is 37.3 Å². The maximum absolute atomic E-state index is 12.9. The largest absolute Gasteiger partial charge is 0.464 e. The predicted molar refractivity (Wildman–Crippen MR) is 120 cm³/mol. The molecule has 3 heterocycles. The number of rotatable bonds is 3. The number of H-pyrrole nitrogens is 1. The van der Waals surface area contributed by atoms with Crippen molar-refractivity contribution >= 4 is 22.6 Å². The number of aryl methyl sites for hydroxylation is 1. The molecule has 31 heavy (non-hydrogen) atoms.